The molecule has 4 heteroatoms. The summed E-state index contributed by atoms with van der Waals surface area (Å²) < 4.78 is 5.72. The van der Waals surface area contributed by atoms with Crippen molar-refractivity contribution in [1.82, 2.24) is 4.90 Å². The van der Waals surface area contributed by atoms with Crippen molar-refractivity contribution in [3.05, 3.63) is 65.7 Å². The predicted octanol–water partition coefficient (Wildman–Crippen LogP) is 3.00. The van der Waals surface area contributed by atoms with Crippen molar-refractivity contribution in [1.29, 1.82) is 0 Å². The van der Waals surface area contributed by atoms with Crippen molar-refractivity contribution in [2.24, 2.45) is 0 Å². The van der Waals surface area contributed by atoms with Gasteiger partial charge in [0.1, 0.15) is 5.75 Å². The Hall–Kier alpha value is -2.17. The molecule has 2 aromatic carbocycles. The molecule has 0 bridgehead atoms. The average molecular weight is 327 g/mol. The number of hydrogen-bond acceptors (Lipinski definition) is 4. The van der Waals surface area contributed by atoms with E-state index in [1.54, 1.807) is 12.1 Å². The Balaban J connectivity index is 1.81. The van der Waals surface area contributed by atoms with Crippen molar-refractivity contribution in [2.75, 3.05) is 32.8 Å². The standard InChI is InChI=1S/C20H25NO3/c1-2-21(14-15-22)13-6-16-24-19-11-9-18(10-12-19)20(23)17-7-4-3-5-8-17/h3-5,7-12,22H,2,6,13-16H2,1H3. The fourth-order valence-corrected chi connectivity index (χ4v) is 2.51. The van der Waals surface area contributed by atoms with Crippen LogP contribution >= 0.6 is 0 Å². The Labute approximate surface area is 143 Å². The first-order valence-electron chi connectivity index (χ1n) is 8.40. The minimum absolute atomic E-state index is 0.0183. The molecule has 0 amide bonds. The van der Waals surface area contributed by atoms with Crippen LogP contribution in [0.4, 0.5) is 0 Å². The molecule has 0 aliphatic heterocycles. The normalized spacial score (nSPS) is 10.8. The molecule has 2 rings (SSSR count). The average Bonchev–Trinajstić information content (AvgIpc) is 2.65. The van der Waals surface area contributed by atoms with Crippen LogP contribution in [0.25, 0.3) is 0 Å². The summed E-state index contributed by atoms with van der Waals surface area (Å²) in [7, 11) is 0. The Morgan fingerprint density at radius 3 is 2.29 bits per heavy atom. The van der Waals surface area contributed by atoms with Crippen molar-refractivity contribution < 1.29 is 14.6 Å². The number of aliphatic hydroxyl groups is 1. The SMILES string of the molecule is CCN(CCO)CCCOc1ccc(C(=O)c2ccccc2)cc1. The molecule has 0 aliphatic carbocycles. The van der Waals surface area contributed by atoms with E-state index in [4.69, 9.17) is 9.84 Å². The smallest absolute Gasteiger partial charge is 0.193 e. The zero-order chi connectivity index (χ0) is 17.2. The number of ether oxygens (including phenoxy) is 1. The van der Waals surface area contributed by atoms with Gasteiger partial charge in [-0.05, 0) is 37.2 Å². The molecule has 0 radical (unpaired) electrons. The Kier molecular flexibility index (Phi) is 7.46. The Morgan fingerprint density at radius 1 is 1.00 bits per heavy atom. The summed E-state index contributed by atoms with van der Waals surface area (Å²) in [5, 5.41) is 8.96. The van der Waals surface area contributed by atoms with Crippen molar-refractivity contribution >= 4 is 5.78 Å². The number of aliphatic hydroxyl groups excluding tert-OH is 1. The van der Waals surface area contributed by atoms with Crippen LogP contribution in [0.15, 0.2) is 54.6 Å². The van der Waals surface area contributed by atoms with Gasteiger partial charge in [-0.2, -0.15) is 0 Å². The van der Waals surface area contributed by atoms with Crippen LogP contribution in [0.2, 0.25) is 0 Å². The first-order chi connectivity index (χ1) is 11.7. The molecule has 0 unspecified atom stereocenters. The second-order valence-electron chi connectivity index (χ2n) is 5.58. The molecule has 0 spiro atoms. The Bertz CT molecular complexity index is 611. The second-order valence-corrected chi connectivity index (χ2v) is 5.58. The van der Waals surface area contributed by atoms with E-state index in [9.17, 15) is 4.79 Å². The Morgan fingerprint density at radius 2 is 1.67 bits per heavy atom. The molecule has 24 heavy (non-hydrogen) atoms. The number of ketones is 1. The molecule has 0 aromatic heterocycles. The summed E-state index contributed by atoms with van der Waals surface area (Å²) >= 11 is 0. The highest BCUT2D eigenvalue weighted by Gasteiger charge is 2.08. The van der Waals surface area contributed by atoms with Gasteiger partial charge in [-0.25, -0.2) is 0 Å². The lowest BCUT2D eigenvalue weighted by Gasteiger charge is -2.18. The van der Waals surface area contributed by atoms with Crippen LogP contribution in [0.5, 0.6) is 5.75 Å². The minimum Gasteiger partial charge on any atom is -0.494 e. The van der Waals surface area contributed by atoms with Gasteiger partial charge < -0.3 is 14.7 Å². The van der Waals surface area contributed by atoms with Crippen molar-refractivity contribution in [3.63, 3.8) is 0 Å². The molecule has 1 N–H and O–H groups in total. The molecular weight excluding hydrogens is 302 g/mol. The van der Waals surface area contributed by atoms with Crippen molar-refractivity contribution in [3.8, 4) is 5.75 Å². The summed E-state index contributed by atoms with van der Waals surface area (Å²) in [6, 6.07) is 16.5. The highest BCUT2D eigenvalue weighted by molar-refractivity contribution is 6.08. The topological polar surface area (TPSA) is 49.8 Å². The lowest BCUT2D eigenvalue weighted by molar-refractivity contribution is 0.103. The monoisotopic (exact) mass is 327 g/mol. The number of likely N-dealkylation sites (N-methyl/N-ethyl adjacent to an activating group) is 1. The molecule has 0 saturated carbocycles. The first-order valence-corrected chi connectivity index (χ1v) is 8.40. The van der Waals surface area contributed by atoms with Crippen LogP contribution in [0.1, 0.15) is 29.3 Å². The molecular formula is C20H25NO3. The molecule has 0 fully saturated rings. The molecule has 0 saturated heterocycles. The quantitative estimate of drug-likeness (QED) is 0.538. The van der Waals surface area contributed by atoms with Gasteiger partial charge in [0.05, 0.1) is 13.2 Å². The number of carbonyl (C=O) groups is 1. The third-order valence-corrected chi connectivity index (χ3v) is 3.90. The number of carbonyl (C=O) groups excluding carboxylic acids is 1. The van der Waals surface area contributed by atoms with E-state index in [0.29, 0.717) is 24.3 Å². The van der Waals surface area contributed by atoms with Crippen LogP contribution in [-0.4, -0.2) is 48.6 Å². The summed E-state index contributed by atoms with van der Waals surface area (Å²) in [5.41, 5.74) is 1.35. The number of benzene rings is 2. The van der Waals surface area contributed by atoms with Gasteiger partial charge in [0, 0.05) is 24.2 Å². The van der Waals surface area contributed by atoms with Crippen LogP contribution in [0.3, 0.4) is 0 Å². The van der Waals surface area contributed by atoms with Gasteiger partial charge in [-0.3, -0.25) is 4.79 Å². The van der Waals surface area contributed by atoms with E-state index in [2.05, 4.69) is 11.8 Å². The summed E-state index contributed by atoms with van der Waals surface area (Å²) in [6.07, 6.45) is 0.901. The molecule has 2 aromatic rings. The van der Waals surface area contributed by atoms with E-state index in [1.807, 2.05) is 42.5 Å². The fourth-order valence-electron chi connectivity index (χ4n) is 2.51. The van der Waals surface area contributed by atoms with E-state index >= 15 is 0 Å². The van der Waals surface area contributed by atoms with E-state index in [-0.39, 0.29) is 12.4 Å². The van der Waals surface area contributed by atoms with E-state index in [0.717, 1.165) is 25.3 Å². The number of rotatable bonds is 10. The fraction of sp³-hybridized carbons (Fsp3) is 0.350. The highest BCUT2D eigenvalue weighted by Crippen LogP contribution is 2.15. The van der Waals surface area contributed by atoms with Gasteiger partial charge in [0.2, 0.25) is 0 Å². The van der Waals surface area contributed by atoms with Crippen LogP contribution < -0.4 is 4.74 Å². The molecule has 0 atom stereocenters. The van der Waals surface area contributed by atoms with Crippen molar-refractivity contribution in [2.45, 2.75) is 13.3 Å². The van der Waals surface area contributed by atoms with Gasteiger partial charge in [-0.15, -0.1) is 0 Å². The zero-order valence-corrected chi connectivity index (χ0v) is 14.1. The largest absolute Gasteiger partial charge is 0.494 e. The zero-order valence-electron chi connectivity index (χ0n) is 14.1. The predicted molar refractivity (Wildman–Crippen MR) is 95.6 cm³/mol. The summed E-state index contributed by atoms with van der Waals surface area (Å²) in [4.78, 5) is 14.5. The summed E-state index contributed by atoms with van der Waals surface area (Å²) in [6.45, 7) is 5.42. The van der Waals surface area contributed by atoms with Gasteiger partial charge in [0.25, 0.3) is 0 Å². The molecule has 0 aliphatic rings. The second kappa shape index (κ2) is 9.85. The maximum atomic E-state index is 12.3. The van der Waals surface area contributed by atoms with E-state index in [1.165, 1.54) is 0 Å². The first kappa shape index (κ1) is 18.2. The van der Waals surface area contributed by atoms with Crippen LogP contribution in [0, 0.1) is 0 Å². The van der Waals surface area contributed by atoms with Crippen LogP contribution in [-0.2, 0) is 0 Å². The maximum Gasteiger partial charge on any atom is 0.193 e. The lowest BCUT2D eigenvalue weighted by Crippen LogP contribution is -2.28. The highest BCUT2D eigenvalue weighted by atomic mass is 16.5. The number of nitrogens with zero attached hydrogens (tertiary/aromatic N) is 1. The third-order valence-electron chi connectivity index (χ3n) is 3.90. The molecule has 128 valence electrons. The molecule has 4 nitrogen and oxygen atoms in total. The lowest BCUT2D eigenvalue weighted by atomic mass is 10.0. The minimum atomic E-state index is 0.0183. The van der Waals surface area contributed by atoms with Gasteiger partial charge in [0.15, 0.2) is 5.78 Å². The maximum absolute atomic E-state index is 12.3. The van der Waals surface area contributed by atoms with Gasteiger partial charge >= 0.3 is 0 Å². The van der Waals surface area contributed by atoms with Gasteiger partial charge in [-0.1, -0.05) is 37.3 Å². The van der Waals surface area contributed by atoms with E-state index < -0.39 is 0 Å². The number of hydrogen-bond donors (Lipinski definition) is 1. The summed E-state index contributed by atoms with van der Waals surface area (Å²) in [5.74, 6) is 0.787. The third kappa shape index (κ3) is 5.48. The molecule has 0 heterocycles.